The molecule has 1 aliphatic heterocycles. The van der Waals surface area contributed by atoms with E-state index in [1.807, 2.05) is 43.3 Å². The molecule has 0 saturated carbocycles. The molecule has 2 amide bonds. The van der Waals surface area contributed by atoms with Gasteiger partial charge in [-0.05, 0) is 62.0 Å². The Morgan fingerprint density at radius 2 is 1.79 bits per heavy atom. The summed E-state index contributed by atoms with van der Waals surface area (Å²) in [5.41, 5.74) is 7.22. The number of anilines is 1. The van der Waals surface area contributed by atoms with Crippen LogP contribution in [0.4, 0.5) is 10.3 Å². The molecule has 11 heteroatoms. The minimum absolute atomic E-state index is 0.148. The first-order valence-corrected chi connectivity index (χ1v) is 15.2. The number of amides is 2. The summed E-state index contributed by atoms with van der Waals surface area (Å²) >= 11 is 0. The molecule has 3 heterocycles. The molecule has 1 atom stereocenters. The number of primary amides is 1. The van der Waals surface area contributed by atoms with Crippen molar-refractivity contribution in [2.24, 2.45) is 23.5 Å². The molecule has 1 saturated heterocycles. The smallest absolute Gasteiger partial charge is 0.254 e. The summed E-state index contributed by atoms with van der Waals surface area (Å²) in [5.74, 6) is 0.367. The van der Waals surface area contributed by atoms with Crippen molar-refractivity contribution in [2.75, 3.05) is 24.6 Å². The fraction of sp³-hybridized carbons (Fsp3) is 0.531. The molecular formula is C32H44FN7O3. The lowest BCUT2D eigenvalue weighted by atomic mass is 9.92. The fourth-order valence-corrected chi connectivity index (χ4v) is 5.33. The summed E-state index contributed by atoms with van der Waals surface area (Å²) in [4.78, 5) is 35.6. The van der Waals surface area contributed by atoms with Gasteiger partial charge in [0, 0.05) is 55.4 Å². The molecule has 3 N–H and O–H groups in total. The molecule has 1 fully saturated rings. The second-order valence-electron chi connectivity index (χ2n) is 12.2. The van der Waals surface area contributed by atoms with Crippen LogP contribution in [0, 0.1) is 23.6 Å². The molecule has 1 aliphatic rings. The largest absolute Gasteiger partial charge is 0.493 e. The first-order valence-electron chi connectivity index (χ1n) is 15.2. The van der Waals surface area contributed by atoms with Crippen LogP contribution in [0.1, 0.15) is 70.2 Å². The van der Waals surface area contributed by atoms with E-state index in [0.29, 0.717) is 30.6 Å². The molecular weight excluding hydrogens is 549 g/mol. The molecule has 232 valence electrons. The number of ether oxygens (including phenoxy) is 1. The average molecular weight is 594 g/mol. The summed E-state index contributed by atoms with van der Waals surface area (Å²) < 4.78 is 22.4. The normalized spacial score (nSPS) is 14.7. The number of nitrogens with one attached hydrogen (secondary N) is 1. The lowest BCUT2D eigenvalue weighted by Crippen LogP contribution is -2.45. The first-order chi connectivity index (χ1) is 20.6. The van der Waals surface area contributed by atoms with Crippen molar-refractivity contribution in [3.63, 3.8) is 0 Å². The van der Waals surface area contributed by atoms with Crippen LogP contribution in [0.5, 0.6) is 5.75 Å². The number of halogens is 1. The van der Waals surface area contributed by atoms with Gasteiger partial charge in [0.2, 0.25) is 11.9 Å². The van der Waals surface area contributed by atoms with Crippen molar-refractivity contribution in [1.82, 2.24) is 25.1 Å². The van der Waals surface area contributed by atoms with Crippen molar-refractivity contribution < 1.29 is 18.7 Å². The third kappa shape index (κ3) is 9.23. The second-order valence-corrected chi connectivity index (χ2v) is 12.2. The predicted octanol–water partition coefficient (Wildman–Crippen LogP) is 4.84. The molecule has 0 unspecified atom stereocenters. The third-order valence-corrected chi connectivity index (χ3v) is 7.62. The second kappa shape index (κ2) is 14.9. The molecule has 10 nitrogen and oxygen atoms in total. The Morgan fingerprint density at radius 3 is 2.42 bits per heavy atom. The van der Waals surface area contributed by atoms with Crippen molar-refractivity contribution >= 4 is 17.8 Å². The van der Waals surface area contributed by atoms with E-state index in [9.17, 15) is 14.0 Å². The minimum atomic E-state index is -0.848. The SMILES string of the molecule is CC(C)C[C@@H](NC(=O)c1ccc(OCCCC2CCN(c3ncc(-c4cnn(CC(C)C)c4)cn3)CC2)cc1F)C(N)=O. The third-order valence-electron chi connectivity index (χ3n) is 7.62. The van der Waals surface area contributed by atoms with E-state index in [4.69, 9.17) is 10.5 Å². The van der Waals surface area contributed by atoms with Gasteiger partial charge in [-0.1, -0.05) is 27.7 Å². The van der Waals surface area contributed by atoms with Crippen molar-refractivity contribution in [1.29, 1.82) is 0 Å². The Hall–Kier alpha value is -4.02. The zero-order chi connectivity index (χ0) is 30.9. The number of piperidine rings is 1. The van der Waals surface area contributed by atoms with Crippen LogP contribution in [0.2, 0.25) is 0 Å². The van der Waals surface area contributed by atoms with E-state index in [1.54, 1.807) is 6.07 Å². The standard InChI is InChI=1S/C32H44FN7O3/c1-21(2)14-29(30(34)41)38-31(42)27-8-7-26(15-28(27)33)43-13-5-6-23-9-11-39(12-10-23)32-35-16-24(17-36-32)25-18-37-40(20-25)19-22(3)4/h7-8,15-18,20-23,29H,5-6,9-14,19H2,1-4H3,(H2,34,41)(H,38,42)/t29-/m1/s1. The molecule has 0 radical (unpaired) electrons. The Labute approximate surface area is 253 Å². The summed E-state index contributed by atoms with van der Waals surface area (Å²) in [7, 11) is 0. The molecule has 4 rings (SSSR count). The number of carbonyl (C=O) groups is 2. The number of hydrogen-bond donors (Lipinski definition) is 2. The van der Waals surface area contributed by atoms with Gasteiger partial charge in [-0.2, -0.15) is 5.10 Å². The maximum absolute atomic E-state index is 14.7. The number of benzene rings is 1. The van der Waals surface area contributed by atoms with Crippen LogP contribution in [0.15, 0.2) is 43.0 Å². The van der Waals surface area contributed by atoms with Crippen LogP contribution in [-0.2, 0) is 11.3 Å². The number of aromatic nitrogens is 4. The molecule has 0 bridgehead atoms. The van der Waals surface area contributed by atoms with Gasteiger partial charge in [-0.25, -0.2) is 14.4 Å². The zero-order valence-corrected chi connectivity index (χ0v) is 25.6. The van der Waals surface area contributed by atoms with Crippen LogP contribution >= 0.6 is 0 Å². The fourth-order valence-electron chi connectivity index (χ4n) is 5.33. The highest BCUT2D eigenvalue weighted by Gasteiger charge is 2.23. The molecule has 2 aromatic heterocycles. The van der Waals surface area contributed by atoms with E-state index in [1.165, 1.54) is 12.1 Å². The quantitative estimate of drug-likeness (QED) is 0.256. The predicted molar refractivity (Wildman–Crippen MR) is 164 cm³/mol. The summed E-state index contributed by atoms with van der Waals surface area (Å²) in [5, 5.41) is 6.97. The molecule has 0 spiro atoms. The molecule has 43 heavy (non-hydrogen) atoms. The lowest BCUT2D eigenvalue weighted by Gasteiger charge is -2.32. The van der Waals surface area contributed by atoms with Crippen LogP contribution in [0.3, 0.4) is 0 Å². The van der Waals surface area contributed by atoms with Crippen LogP contribution in [0.25, 0.3) is 11.1 Å². The highest BCUT2D eigenvalue weighted by atomic mass is 19.1. The Kier molecular flexibility index (Phi) is 11.1. The Balaban J connectivity index is 1.18. The maximum Gasteiger partial charge on any atom is 0.254 e. The number of carbonyl (C=O) groups excluding carboxylic acids is 2. The summed E-state index contributed by atoms with van der Waals surface area (Å²) in [6.45, 7) is 11.3. The first kappa shape index (κ1) is 31.9. The van der Waals surface area contributed by atoms with Crippen LogP contribution in [-0.4, -0.2) is 57.3 Å². The number of nitrogens with zero attached hydrogens (tertiary/aromatic N) is 5. The number of rotatable bonds is 14. The van der Waals surface area contributed by atoms with E-state index in [2.05, 4.69) is 39.1 Å². The van der Waals surface area contributed by atoms with E-state index in [0.717, 1.165) is 62.4 Å². The topological polar surface area (TPSA) is 128 Å². The van der Waals surface area contributed by atoms with Gasteiger partial charge in [0.1, 0.15) is 17.6 Å². The number of hydrogen-bond acceptors (Lipinski definition) is 7. The van der Waals surface area contributed by atoms with Gasteiger partial charge in [-0.15, -0.1) is 0 Å². The van der Waals surface area contributed by atoms with E-state index in [-0.39, 0.29) is 11.5 Å². The van der Waals surface area contributed by atoms with E-state index < -0.39 is 23.7 Å². The summed E-state index contributed by atoms with van der Waals surface area (Å²) in [6, 6.07) is 3.30. The van der Waals surface area contributed by atoms with Gasteiger partial charge in [-0.3, -0.25) is 14.3 Å². The van der Waals surface area contributed by atoms with E-state index >= 15 is 0 Å². The lowest BCUT2D eigenvalue weighted by molar-refractivity contribution is -0.120. The van der Waals surface area contributed by atoms with Gasteiger partial charge in [0.25, 0.3) is 5.91 Å². The highest BCUT2D eigenvalue weighted by Crippen LogP contribution is 2.26. The molecule has 3 aromatic rings. The average Bonchev–Trinajstić information content (AvgIpc) is 3.43. The van der Waals surface area contributed by atoms with Crippen LogP contribution < -0.4 is 20.7 Å². The van der Waals surface area contributed by atoms with Crippen molar-refractivity contribution in [3.05, 3.63) is 54.4 Å². The monoisotopic (exact) mass is 593 g/mol. The Morgan fingerprint density at radius 1 is 1.07 bits per heavy atom. The minimum Gasteiger partial charge on any atom is -0.493 e. The van der Waals surface area contributed by atoms with Gasteiger partial charge in [0.15, 0.2) is 0 Å². The van der Waals surface area contributed by atoms with Gasteiger partial charge >= 0.3 is 0 Å². The highest BCUT2D eigenvalue weighted by molar-refractivity contribution is 5.97. The number of nitrogens with two attached hydrogens (primary N) is 1. The van der Waals surface area contributed by atoms with Crippen molar-refractivity contribution in [2.45, 2.75) is 72.4 Å². The van der Waals surface area contributed by atoms with Gasteiger partial charge < -0.3 is 20.7 Å². The van der Waals surface area contributed by atoms with Crippen molar-refractivity contribution in [3.8, 4) is 16.9 Å². The molecule has 1 aromatic carbocycles. The molecule has 0 aliphatic carbocycles. The zero-order valence-electron chi connectivity index (χ0n) is 25.6. The van der Waals surface area contributed by atoms with Gasteiger partial charge in [0.05, 0.1) is 18.4 Å². The summed E-state index contributed by atoms with van der Waals surface area (Å²) in [6.07, 6.45) is 12.0. The maximum atomic E-state index is 14.7. The Bertz CT molecular complexity index is 1350.